The molecule has 1 aliphatic rings. The van der Waals surface area contributed by atoms with Crippen LogP contribution in [-0.4, -0.2) is 24.1 Å². The Morgan fingerprint density at radius 3 is 3.17 bits per heavy atom. The van der Waals surface area contributed by atoms with Crippen molar-refractivity contribution >= 4 is 11.3 Å². The molecule has 3 nitrogen and oxygen atoms in total. The summed E-state index contributed by atoms with van der Waals surface area (Å²) in [6, 6.07) is 1.21. The Labute approximate surface area is 114 Å². The summed E-state index contributed by atoms with van der Waals surface area (Å²) in [5, 5.41) is 10.5. The molecule has 18 heavy (non-hydrogen) atoms. The molecule has 1 aromatic rings. The van der Waals surface area contributed by atoms with Gasteiger partial charge < -0.3 is 10.6 Å². The van der Waals surface area contributed by atoms with Crippen molar-refractivity contribution in [2.45, 2.75) is 57.5 Å². The molecule has 1 aromatic heterocycles. The second kappa shape index (κ2) is 7.87. The van der Waals surface area contributed by atoms with Crippen LogP contribution in [0, 0.1) is 0 Å². The van der Waals surface area contributed by atoms with Crippen molar-refractivity contribution in [3.63, 3.8) is 0 Å². The van der Waals surface area contributed by atoms with E-state index in [0.29, 0.717) is 6.04 Å². The number of hydrogen-bond donors (Lipinski definition) is 2. The highest BCUT2D eigenvalue weighted by molar-refractivity contribution is 7.09. The average molecular weight is 267 g/mol. The Hall–Kier alpha value is -0.450. The Balaban J connectivity index is 1.61. The molecule has 2 unspecified atom stereocenters. The molecule has 0 spiro atoms. The number of hydrogen-bond acceptors (Lipinski definition) is 4. The summed E-state index contributed by atoms with van der Waals surface area (Å²) in [6.45, 7) is 4.55. The maximum Gasteiger partial charge on any atom is 0.109 e. The van der Waals surface area contributed by atoms with Crippen molar-refractivity contribution < 1.29 is 0 Å². The summed E-state index contributed by atoms with van der Waals surface area (Å²) in [4.78, 5) is 4.40. The molecule has 0 aromatic carbocycles. The summed E-state index contributed by atoms with van der Waals surface area (Å²) in [5.41, 5.74) is 0. The van der Waals surface area contributed by atoms with Crippen LogP contribution < -0.4 is 10.6 Å². The summed E-state index contributed by atoms with van der Waals surface area (Å²) < 4.78 is 0. The zero-order valence-corrected chi connectivity index (χ0v) is 12.1. The van der Waals surface area contributed by atoms with Crippen molar-refractivity contribution in [1.29, 1.82) is 0 Å². The van der Waals surface area contributed by atoms with Gasteiger partial charge in [-0.05, 0) is 45.2 Å². The largest absolute Gasteiger partial charge is 0.314 e. The quantitative estimate of drug-likeness (QED) is 0.745. The second-order valence-electron chi connectivity index (χ2n) is 5.07. The highest BCUT2D eigenvalue weighted by Crippen LogP contribution is 2.19. The first kappa shape index (κ1) is 14.0. The van der Waals surface area contributed by atoms with E-state index in [1.165, 1.54) is 43.7 Å². The number of rotatable bonds is 7. The van der Waals surface area contributed by atoms with Gasteiger partial charge in [-0.2, -0.15) is 0 Å². The lowest BCUT2D eigenvalue weighted by molar-refractivity contribution is 0.368. The number of nitrogens with one attached hydrogen (secondary N) is 2. The molecule has 1 aliphatic heterocycles. The van der Waals surface area contributed by atoms with Crippen molar-refractivity contribution in [2.75, 3.05) is 13.1 Å². The van der Waals surface area contributed by atoms with E-state index >= 15 is 0 Å². The van der Waals surface area contributed by atoms with Crippen molar-refractivity contribution in [3.05, 3.63) is 16.6 Å². The molecule has 2 atom stereocenters. The topological polar surface area (TPSA) is 37.0 Å². The summed E-state index contributed by atoms with van der Waals surface area (Å²) >= 11 is 1.76. The standard InChI is InChI=1S/C14H25N3S/c1-2-13(14-17-10-11-18-14)16-9-5-7-12-6-3-4-8-15-12/h10-13,15-16H,2-9H2,1H3. The fourth-order valence-electron chi connectivity index (χ4n) is 2.61. The van der Waals surface area contributed by atoms with E-state index in [1.807, 2.05) is 6.20 Å². The van der Waals surface area contributed by atoms with Gasteiger partial charge in [0.2, 0.25) is 0 Å². The van der Waals surface area contributed by atoms with Crippen LogP contribution in [0.2, 0.25) is 0 Å². The molecule has 1 saturated heterocycles. The lowest BCUT2D eigenvalue weighted by Crippen LogP contribution is -2.34. The van der Waals surface area contributed by atoms with Crippen LogP contribution in [0.5, 0.6) is 0 Å². The molecule has 0 aliphatic carbocycles. The van der Waals surface area contributed by atoms with Gasteiger partial charge in [-0.3, -0.25) is 0 Å². The third-order valence-electron chi connectivity index (χ3n) is 3.69. The van der Waals surface area contributed by atoms with Gasteiger partial charge in [0.25, 0.3) is 0 Å². The van der Waals surface area contributed by atoms with E-state index in [9.17, 15) is 0 Å². The molecule has 1 fully saturated rings. The maximum absolute atomic E-state index is 4.40. The van der Waals surface area contributed by atoms with Crippen molar-refractivity contribution in [1.82, 2.24) is 15.6 Å². The molecule has 0 radical (unpaired) electrons. The van der Waals surface area contributed by atoms with Gasteiger partial charge >= 0.3 is 0 Å². The molecule has 4 heteroatoms. The zero-order valence-electron chi connectivity index (χ0n) is 11.3. The van der Waals surface area contributed by atoms with E-state index in [0.717, 1.165) is 19.0 Å². The molecule has 0 saturated carbocycles. The highest BCUT2D eigenvalue weighted by atomic mass is 32.1. The molecule has 0 amide bonds. The normalized spacial score (nSPS) is 21.9. The second-order valence-corrected chi connectivity index (χ2v) is 6.00. The van der Waals surface area contributed by atoms with Crippen LogP contribution in [0.25, 0.3) is 0 Å². The fourth-order valence-corrected chi connectivity index (χ4v) is 3.41. The van der Waals surface area contributed by atoms with Crippen LogP contribution in [0.3, 0.4) is 0 Å². The molecule has 2 N–H and O–H groups in total. The zero-order chi connectivity index (χ0) is 12.6. The Kier molecular flexibility index (Phi) is 6.11. The predicted octanol–water partition coefficient (Wildman–Crippen LogP) is 3.11. The van der Waals surface area contributed by atoms with Crippen molar-refractivity contribution in [2.24, 2.45) is 0 Å². The third-order valence-corrected chi connectivity index (χ3v) is 4.58. The SMILES string of the molecule is CCC(NCCCC1CCCCN1)c1nccs1. The molecular formula is C14H25N3S. The highest BCUT2D eigenvalue weighted by Gasteiger charge is 2.13. The van der Waals surface area contributed by atoms with Crippen LogP contribution in [0.15, 0.2) is 11.6 Å². The monoisotopic (exact) mass is 267 g/mol. The smallest absolute Gasteiger partial charge is 0.109 e. The Bertz CT molecular complexity index is 307. The van der Waals surface area contributed by atoms with Gasteiger partial charge in [0.15, 0.2) is 0 Å². The van der Waals surface area contributed by atoms with Crippen LogP contribution in [0.1, 0.15) is 56.5 Å². The van der Waals surface area contributed by atoms with Gasteiger partial charge in [-0.1, -0.05) is 13.3 Å². The first-order chi connectivity index (χ1) is 8.90. The van der Waals surface area contributed by atoms with Gasteiger partial charge in [0, 0.05) is 17.6 Å². The minimum atomic E-state index is 0.448. The summed E-state index contributed by atoms with van der Waals surface area (Å²) in [5.74, 6) is 0. The summed E-state index contributed by atoms with van der Waals surface area (Å²) in [7, 11) is 0. The van der Waals surface area contributed by atoms with Crippen molar-refractivity contribution in [3.8, 4) is 0 Å². The summed E-state index contributed by atoms with van der Waals surface area (Å²) in [6.07, 6.45) is 9.72. The fraction of sp³-hybridized carbons (Fsp3) is 0.786. The average Bonchev–Trinajstić information content (AvgIpc) is 2.94. The van der Waals surface area contributed by atoms with E-state index in [-0.39, 0.29) is 0 Å². The third kappa shape index (κ3) is 4.34. The van der Waals surface area contributed by atoms with Gasteiger partial charge in [0.05, 0.1) is 6.04 Å². The minimum absolute atomic E-state index is 0.448. The first-order valence-electron chi connectivity index (χ1n) is 7.26. The van der Waals surface area contributed by atoms with E-state index in [2.05, 4.69) is 27.9 Å². The predicted molar refractivity (Wildman–Crippen MR) is 78.0 cm³/mol. The maximum atomic E-state index is 4.40. The molecular weight excluding hydrogens is 242 g/mol. The molecule has 2 rings (SSSR count). The lowest BCUT2D eigenvalue weighted by atomic mass is 10.0. The minimum Gasteiger partial charge on any atom is -0.314 e. The first-order valence-corrected chi connectivity index (χ1v) is 8.14. The number of thiazole rings is 1. The molecule has 0 bridgehead atoms. The van der Waals surface area contributed by atoms with Gasteiger partial charge in [-0.25, -0.2) is 4.98 Å². The van der Waals surface area contributed by atoms with E-state index in [1.54, 1.807) is 11.3 Å². The van der Waals surface area contributed by atoms with Crippen LogP contribution >= 0.6 is 11.3 Å². The number of aromatic nitrogens is 1. The molecule has 2 heterocycles. The Morgan fingerprint density at radius 1 is 1.56 bits per heavy atom. The lowest BCUT2D eigenvalue weighted by Gasteiger charge is -2.23. The molecule has 102 valence electrons. The number of nitrogens with zero attached hydrogens (tertiary/aromatic N) is 1. The van der Waals surface area contributed by atoms with Crippen LogP contribution in [0.4, 0.5) is 0 Å². The van der Waals surface area contributed by atoms with Crippen LogP contribution in [-0.2, 0) is 0 Å². The van der Waals surface area contributed by atoms with Gasteiger partial charge in [0.1, 0.15) is 5.01 Å². The van der Waals surface area contributed by atoms with E-state index in [4.69, 9.17) is 0 Å². The Morgan fingerprint density at radius 2 is 2.50 bits per heavy atom. The van der Waals surface area contributed by atoms with E-state index < -0.39 is 0 Å². The number of piperidine rings is 1. The van der Waals surface area contributed by atoms with Gasteiger partial charge in [-0.15, -0.1) is 11.3 Å².